The summed E-state index contributed by atoms with van der Waals surface area (Å²) in [5.74, 6) is 2.88. The van der Waals surface area contributed by atoms with E-state index >= 15 is 0 Å². The van der Waals surface area contributed by atoms with Crippen molar-refractivity contribution in [2.24, 2.45) is 17.8 Å². The molecule has 31 heavy (non-hydrogen) atoms. The van der Waals surface area contributed by atoms with Gasteiger partial charge in [0.1, 0.15) is 0 Å². The van der Waals surface area contributed by atoms with Gasteiger partial charge in [-0.05, 0) is 81.5 Å². The molecule has 0 spiro atoms. The molecule has 0 radical (unpaired) electrons. The number of hydrogen-bond donors (Lipinski definition) is 2. The number of likely N-dealkylation sites (N-methyl/N-ethyl adjacent to an activating group) is 1. The van der Waals surface area contributed by atoms with Gasteiger partial charge in [-0.3, -0.25) is 9.59 Å². The van der Waals surface area contributed by atoms with Gasteiger partial charge < -0.3 is 15.5 Å². The fourth-order valence-electron chi connectivity index (χ4n) is 6.48. The highest BCUT2D eigenvalue weighted by atomic mass is 32.2. The number of hydrogen-bond acceptors (Lipinski definition) is 4. The zero-order chi connectivity index (χ0) is 21.8. The molecule has 4 aliphatic carbocycles. The maximum Gasteiger partial charge on any atom is 0.252 e. The van der Waals surface area contributed by atoms with E-state index in [1.807, 2.05) is 24.3 Å². The molecule has 1 aromatic carbocycles. The predicted molar refractivity (Wildman–Crippen MR) is 126 cm³/mol. The first kappa shape index (κ1) is 22.7. The van der Waals surface area contributed by atoms with Crippen LogP contribution in [0.2, 0.25) is 0 Å². The van der Waals surface area contributed by atoms with E-state index in [0.717, 1.165) is 42.3 Å². The molecule has 0 atom stereocenters. The summed E-state index contributed by atoms with van der Waals surface area (Å²) in [5.41, 5.74) is 0.711. The Morgan fingerprint density at radius 1 is 1.03 bits per heavy atom. The maximum absolute atomic E-state index is 12.9. The minimum Gasteiger partial charge on any atom is -0.351 e. The van der Waals surface area contributed by atoms with E-state index in [4.69, 9.17) is 0 Å². The first-order valence-electron chi connectivity index (χ1n) is 12.0. The van der Waals surface area contributed by atoms with Gasteiger partial charge in [-0.25, -0.2) is 0 Å². The molecule has 2 amide bonds. The van der Waals surface area contributed by atoms with Gasteiger partial charge in [0.25, 0.3) is 5.91 Å². The van der Waals surface area contributed by atoms with Gasteiger partial charge in [0, 0.05) is 23.5 Å². The van der Waals surface area contributed by atoms with Crippen LogP contribution in [0.4, 0.5) is 0 Å². The van der Waals surface area contributed by atoms with Crippen molar-refractivity contribution in [2.45, 2.75) is 62.8 Å². The summed E-state index contributed by atoms with van der Waals surface area (Å²) in [4.78, 5) is 28.7. The highest BCUT2D eigenvalue weighted by Gasteiger charge is 2.51. The van der Waals surface area contributed by atoms with Gasteiger partial charge in [0.2, 0.25) is 5.91 Å². The number of nitrogens with one attached hydrogen (secondary N) is 2. The first-order valence-corrected chi connectivity index (χ1v) is 13.0. The SMILES string of the molecule is CCN(CC)CCNC(=O)c1ccccc1SCC(=O)NC12CC3CC(CC(C3)C1)C2. The Kier molecular flexibility index (Phi) is 7.27. The Hall–Kier alpha value is -1.53. The molecule has 4 aliphatic rings. The summed E-state index contributed by atoms with van der Waals surface area (Å²) in [6, 6.07) is 7.62. The number of carbonyl (C=O) groups is 2. The lowest BCUT2D eigenvalue weighted by atomic mass is 9.53. The van der Waals surface area contributed by atoms with E-state index in [-0.39, 0.29) is 17.4 Å². The van der Waals surface area contributed by atoms with Crippen molar-refractivity contribution in [3.05, 3.63) is 29.8 Å². The number of amides is 2. The standard InChI is InChI=1S/C25H37N3O2S/c1-3-28(4-2)10-9-26-24(30)21-7-5-6-8-22(21)31-17-23(29)27-25-14-18-11-19(15-25)13-20(12-18)16-25/h5-8,18-20H,3-4,9-17H2,1-2H3,(H,26,30)(H,27,29). The largest absolute Gasteiger partial charge is 0.351 e. The third-order valence-corrected chi connectivity index (χ3v) is 8.61. The molecule has 0 heterocycles. The second-order valence-corrected chi connectivity index (χ2v) is 10.8. The second kappa shape index (κ2) is 9.95. The monoisotopic (exact) mass is 443 g/mol. The lowest BCUT2D eigenvalue weighted by Crippen LogP contribution is -2.60. The fourth-order valence-corrected chi connectivity index (χ4v) is 7.33. The lowest BCUT2D eigenvalue weighted by molar-refractivity contribution is -0.124. The van der Waals surface area contributed by atoms with Crippen molar-refractivity contribution in [2.75, 3.05) is 31.9 Å². The van der Waals surface area contributed by atoms with Crippen LogP contribution in [0.25, 0.3) is 0 Å². The van der Waals surface area contributed by atoms with Crippen molar-refractivity contribution in [3.8, 4) is 0 Å². The lowest BCUT2D eigenvalue weighted by Gasteiger charge is -2.56. The van der Waals surface area contributed by atoms with Gasteiger partial charge >= 0.3 is 0 Å². The normalized spacial score (nSPS) is 28.7. The van der Waals surface area contributed by atoms with E-state index < -0.39 is 0 Å². The van der Waals surface area contributed by atoms with Crippen LogP contribution in [-0.4, -0.2) is 54.2 Å². The smallest absolute Gasteiger partial charge is 0.252 e. The van der Waals surface area contributed by atoms with Gasteiger partial charge in [0.15, 0.2) is 0 Å². The van der Waals surface area contributed by atoms with Gasteiger partial charge in [-0.1, -0.05) is 26.0 Å². The molecule has 2 N–H and O–H groups in total. The molecule has 4 fully saturated rings. The molecule has 0 aliphatic heterocycles. The molecule has 6 heteroatoms. The Bertz CT molecular complexity index is 757. The quantitative estimate of drug-likeness (QED) is 0.538. The molecule has 4 bridgehead atoms. The molecule has 5 rings (SSSR count). The molecular formula is C25H37N3O2S. The highest BCUT2D eigenvalue weighted by molar-refractivity contribution is 8.00. The summed E-state index contributed by atoms with van der Waals surface area (Å²) in [7, 11) is 0. The van der Waals surface area contributed by atoms with E-state index in [1.54, 1.807) is 0 Å². The van der Waals surface area contributed by atoms with Crippen LogP contribution in [-0.2, 0) is 4.79 Å². The van der Waals surface area contributed by atoms with Gasteiger partial charge in [-0.15, -0.1) is 11.8 Å². The summed E-state index contributed by atoms with van der Waals surface area (Å²) in [5, 5.41) is 6.47. The van der Waals surface area contributed by atoms with Crippen LogP contribution in [0.3, 0.4) is 0 Å². The minimum atomic E-state index is -0.0586. The van der Waals surface area contributed by atoms with Crippen LogP contribution in [0.5, 0.6) is 0 Å². The third kappa shape index (κ3) is 5.46. The average Bonchev–Trinajstić information content (AvgIpc) is 2.74. The Morgan fingerprint density at radius 2 is 1.65 bits per heavy atom. The van der Waals surface area contributed by atoms with Crippen LogP contribution in [0, 0.1) is 17.8 Å². The third-order valence-electron chi connectivity index (χ3n) is 7.54. The summed E-state index contributed by atoms with van der Waals surface area (Å²) < 4.78 is 0. The first-order chi connectivity index (χ1) is 15.0. The predicted octanol–water partition coefficient (Wildman–Crippen LogP) is 3.94. The Balaban J connectivity index is 1.30. The van der Waals surface area contributed by atoms with Crippen LogP contribution in [0.15, 0.2) is 29.2 Å². The van der Waals surface area contributed by atoms with Crippen LogP contribution in [0.1, 0.15) is 62.7 Å². The number of benzene rings is 1. The van der Waals surface area contributed by atoms with Gasteiger partial charge in [0.05, 0.1) is 11.3 Å². The van der Waals surface area contributed by atoms with Crippen molar-refractivity contribution < 1.29 is 9.59 Å². The second-order valence-electron chi connectivity index (χ2n) is 9.81. The zero-order valence-electron chi connectivity index (χ0n) is 19.0. The highest BCUT2D eigenvalue weighted by Crippen LogP contribution is 2.55. The number of rotatable bonds is 10. The molecule has 5 nitrogen and oxygen atoms in total. The zero-order valence-corrected chi connectivity index (χ0v) is 19.8. The van der Waals surface area contributed by atoms with Crippen molar-refractivity contribution >= 4 is 23.6 Å². The van der Waals surface area contributed by atoms with E-state index in [0.29, 0.717) is 17.9 Å². The van der Waals surface area contributed by atoms with E-state index in [1.165, 1.54) is 50.3 Å². The maximum atomic E-state index is 12.9. The summed E-state index contributed by atoms with van der Waals surface area (Å²) in [6.07, 6.45) is 7.63. The minimum absolute atomic E-state index is 0.0493. The summed E-state index contributed by atoms with van der Waals surface area (Å²) >= 11 is 1.48. The molecule has 1 aromatic rings. The van der Waals surface area contributed by atoms with Crippen LogP contribution < -0.4 is 10.6 Å². The molecular weight excluding hydrogens is 406 g/mol. The van der Waals surface area contributed by atoms with Crippen LogP contribution >= 0.6 is 11.8 Å². The molecule has 4 saturated carbocycles. The van der Waals surface area contributed by atoms with Crippen molar-refractivity contribution in [3.63, 3.8) is 0 Å². The van der Waals surface area contributed by atoms with E-state index in [2.05, 4.69) is 29.4 Å². The number of carbonyl (C=O) groups excluding carboxylic acids is 2. The molecule has 170 valence electrons. The summed E-state index contributed by atoms with van der Waals surface area (Å²) in [6.45, 7) is 7.71. The van der Waals surface area contributed by atoms with E-state index in [9.17, 15) is 9.59 Å². The number of nitrogens with zero attached hydrogens (tertiary/aromatic N) is 1. The Labute approximate surface area is 191 Å². The van der Waals surface area contributed by atoms with Crippen molar-refractivity contribution in [1.82, 2.24) is 15.5 Å². The topological polar surface area (TPSA) is 61.4 Å². The molecule has 0 unspecified atom stereocenters. The number of thioether (sulfide) groups is 1. The molecule has 0 saturated heterocycles. The average molecular weight is 444 g/mol. The van der Waals surface area contributed by atoms with Crippen molar-refractivity contribution in [1.29, 1.82) is 0 Å². The fraction of sp³-hybridized carbons (Fsp3) is 0.680. The Morgan fingerprint density at radius 3 is 2.26 bits per heavy atom. The van der Waals surface area contributed by atoms with Gasteiger partial charge in [-0.2, -0.15) is 0 Å². The molecule has 0 aromatic heterocycles.